The lowest BCUT2D eigenvalue weighted by molar-refractivity contribution is -0.119. The summed E-state index contributed by atoms with van der Waals surface area (Å²) in [7, 11) is 0. The number of amides is 2. The standard InChI is InChI=1S/C14H18N4O2/c19-10-17-5-7-18(8-6-17)14(20)13-9-12(3-4-15-13)16-11-1-2-11/h3-4,9-11H,1-2,5-8H2,(H,15,16). The average molecular weight is 274 g/mol. The predicted molar refractivity (Wildman–Crippen MR) is 74.4 cm³/mol. The number of nitrogens with zero attached hydrogens (tertiary/aromatic N) is 3. The van der Waals surface area contributed by atoms with Gasteiger partial charge in [-0.3, -0.25) is 14.6 Å². The van der Waals surface area contributed by atoms with Crippen molar-refractivity contribution >= 4 is 18.0 Å². The summed E-state index contributed by atoms with van der Waals surface area (Å²) >= 11 is 0. The number of piperazine rings is 1. The summed E-state index contributed by atoms with van der Waals surface area (Å²) in [6.07, 6.45) is 4.89. The van der Waals surface area contributed by atoms with Crippen molar-refractivity contribution in [2.75, 3.05) is 31.5 Å². The largest absolute Gasteiger partial charge is 0.382 e. The number of hydrogen-bond acceptors (Lipinski definition) is 4. The van der Waals surface area contributed by atoms with E-state index in [0.717, 1.165) is 12.1 Å². The minimum atomic E-state index is -0.0602. The quantitative estimate of drug-likeness (QED) is 0.815. The van der Waals surface area contributed by atoms with E-state index in [2.05, 4.69) is 10.3 Å². The molecule has 6 nitrogen and oxygen atoms in total. The first-order valence-corrected chi connectivity index (χ1v) is 6.97. The number of hydrogen-bond donors (Lipinski definition) is 1. The number of rotatable bonds is 4. The number of nitrogens with one attached hydrogen (secondary N) is 1. The highest BCUT2D eigenvalue weighted by Gasteiger charge is 2.24. The first-order chi connectivity index (χ1) is 9.76. The van der Waals surface area contributed by atoms with Crippen LogP contribution in [0.25, 0.3) is 0 Å². The summed E-state index contributed by atoms with van der Waals surface area (Å²) in [4.78, 5) is 30.6. The fraction of sp³-hybridized carbons (Fsp3) is 0.500. The van der Waals surface area contributed by atoms with Crippen LogP contribution >= 0.6 is 0 Å². The van der Waals surface area contributed by atoms with Crippen molar-refractivity contribution in [3.05, 3.63) is 24.0 Å². The van der Waals surface area contributed by atoms with Crippen LogP contribution in [0.4, 0.5) is 5.69 Å². The SMILES string of the molecule is O=CN1CCN(C(=O)c2cc(NC3CC3)ccn2)CC1. The normalized spacial score (nSPS) is 18.8. The Kier molecular flexibility index (Phi) is 3.54. The molecule has 1 saturated heterocycles. The van der Waals surface area contributed by atoms with Crippen LogP contribution in [0.15, 0.2) is 18.3 Å². The van der Waals surface area contributed by atoms with Gasteiger partial charge in [0.25, 0.3) is 5.91 Å². The minimum absolute atomic E-state index is 0.0602. The molecule has 1 aromatic heterocycles. The van der Waals surface area contributed by atoms with E-state index in [1.807, 2.05) is 12.1 Å². The van der Waals surface area contributed by atoms with Gasteiger partial charge in [-0.1, -0.05) is 0 Å². The lowest BCUT2D eigenvalue weighted by Crippen LogP contribution is -2.48. The summed E-state index contributed by atoms with van der Waals surface area (Å²) in [6.45, 7) is 2.32. The molecule has 2 heterocycles. The van der Waals surface area contributed by atoms with Crippen LogP contribution in [0.3, 0.4) is 0 Å². The first-order valence-electron chi connectivity index (χ1n) is 6.97. The van der Waals surface area contributed by atoms with Gasteiger partial charge < -0.3 is 15.1 Å². The molecule has 0 bridgehead atoms. The van der Waals surface area contributed by atoms with Gasteiger partial charge >= 0.3 is 0 Å². The zero-order chi connectivity index (χ0) is 13.9. The van der Waals surface area contributed by atoms with Gasteiger partial charge in [0.2, 0.25) is 6.41 Å². The Morgan fingerprint density at radius 2 is 2.05 bits per heavy atom. The highest BCUT2D eigenvalue weighted by atomic mass is 16.2. The summed E-state index contributed by atoms with van der Waals surface area (Å²) < 4.78 is 0. The maximum Gasteiger partial charge on any atom is 0.272 e. The lowest BCUT2D eigenvalue weighted by Gasteiger charge is -2.32. The zero-order valence-corrected chi connectivity index (χ0v) is 11.3. The molecule has 2 fully saturated rings. The van der Waals surface area contributed by atoms with Crippen molar-refractivity contribution in [3.8, 4) is 0 Å². The first kappa shape index (κ1) is 12.9. The third kappa shape index (κ3) is 2.89. The molecule has 1 aliphatic carbocycles. The molecule has 1 N–H and O–H groups in total. The lowest BCUT2D eigenvalue weighted by atomic mass is 10.2. The van der Waals surface area contributed by atoms with E-state index in [-0.39, 0.29) is 5.91 Å². The van der Waals surface area contributed by atoms with Gasteiger partial charge in [-0.2, -0.15) is 0 Å². The average Bonchev–Trinajstić information content (AvgIpc) is 3.31. The summed E-state index contributed by atoms with van der Waals surface area (Å²) in [5.41, 5.74) is 1.42. The Morgan fingerprint density at radius 1 is 1.30 bits per heavy atom. The van der Waals surface area contributed by atoms with Crippen molar-refractivity contribution in [3.63, 3.8) is 0 Å². The molecule has 0 unspecified atom stereocenters. The summed E-state index contributed by atoms with van der Waals surface area (Å²) in [5, 5.41) is 3.36. The van der Waals surface area contributed by atoms with E-state index in [9.17, 15) is 9.59 Å². The number of carbonyl (C=O) groups is 2. The Labute approximate surface area is 117 Å². The van der Waals surface area contributed by atoms with Crippen LogP contribution in [0, 0.1) is 0 Å². The van der Waals surface area contributed by atoms with Crippen LogP contribution in [-0.2, 0) is 4.79 Å². The van der Waals surface area contributed by atoms with Crippen LogP contribution in [0.2, 0.25) is 0 Å². The number of aromatic nitrogens is 1. The van der Waals surface area contributed by atoms with E-state index >= 15 is 0 Å². The van der Waals surface area contributed by atoms with E-state index in [0.29, 0.717) is 37.9 Å². The van der Waals surface area contributed by atoms with Gasteiger partial charge in [-0.15, -0.1) is 0 Å². The van der Waals surface area contributed by atoms with E-state index in [4.69, 9.17) is 0 Å². The fourth-order valence-corrected chi connectivity index (χ4v) is 2.29. The maximum atomic E-state index is 12.4. The molecule has 6 heteroatoms. The molecule has 3 rings (SSSR count). The molecule has 0 atom stereocenters. The molecular formula is C14H18N4O2. The molecule has 1 aliphatic heterocycles. The maximum absolute atomic E-state index is 12.4. The topological polar surface area (TPSA) is 65.5 Å². The van der Waals surface area contributed by atoms with Crippen LogP contribution < -0.4 is 5.32 Å². The van der Waals surface area contributed by atoms with Crippen molar-refractivity contribution in [2.45, 2.75) is 18.9 Å². The molecule has 1 aromatic rings. The highest BCUT2D eigenvalue weighted by molar-refractivity contribution is 5.93. The van der Waals surface area contributed by atoms with Gasteiger partial charge in [-0.25, -0.2) is 0 Å². The molecule has 0 radical (unpaired) electrons. The molecule has 0 aromatic carbocycles. The van der Waals surface area contributed by atoms with Gasteiger partial charge in [0.15, 0.2) is 0 Å². The van der Waals surface area contributed by atoms with Crippen LogP contribution in [-0.4, -0.2) is 59.3 Å². The van der Waals surface area contributed by atoms with E-state index < -0.39 is 0 Å². The van der Waals surface area contributed by atoms with Gasteiger partial charge in [0.1, 0.15) is 5.69 Å². The zero-order valence-electron chi connectivity index (χ0n) is 11.3. The Morgan fingerprint density at radius 3 is 2.70 bits per heavy atom. The fourth-order valence-electron chi connectivity index (χ4n) is 2.29. The monoisotopic (exact) mass is 274 g/mol. The van der Waals surface area contributed by atoms with Crippen molar-refractivity contribution in [1.29, 1.82) is 0 Å². The molecule has 106 valence electrons. The van der Waals surface area contributed by atoms with Crippen molar-refractivity contribution < 1.29 is 9.59 Å². The second-order valence-electron chi connectivity index (χ2n) is 5.28. The second-order valence-corrected chi connectivity index (χ2v) is 5.28. The Balaban J connectivity index is 1.65. The van der Waals surface area contributed by atoms with Crippen LogP contribution in [0.5, 0.6) is 0 Å². The Bertz CT molecular complexity index is 508. The van der Waals surface area contributed by atoms with Crippen molar-refractivity contribution in [2.24, 2.45) is 0 Å². The molecule has 1 saturated carbocycles. The molecule has 2 aliphatic rings. The van der Waals surface area contributed by atoms with Gasteiger partial charge in [0, 0.05) is 44.1 Å². The summed E-state index contributed by atoms with van der Waals surface area (Å²) in [5.74, 6) is -0.0602. The molecule has 2 amide bonds. The Hall–Kier alpha value is -2.11. The minimum Gasteiger partial charge on any atom is -0.382 e. The van der Waals surface area contributed by atoms with E-state index in [1.165, 1.54) is 12.8 Å². The van der Waals surface area contributed by atoms with Crippen LogP contribution in [0.1, 0.15) is 23.3 Å². The summed E-state index contributed by atoms with van der Waals surface area (Å²) in [6, 6.07) is 4.25. The highest BCUT2D eigenvalue weighted by Crippen LogP contribution is 2.24. The molecule has 0 spiro atoms. The predicted octanol–water partition coefficient (Wildman–Crippen LogP) is 0.570. The third-order valence-corrected chi connectivity index (χ3v) is 3.68. The van der Waals surface area contributed by atoms with E-state index in [1.54, 1.807) is 16.0 Å². The van der Waals surface area contributed by atoms with Gasteiger partial charge in [-0.05, 0) is 25.0 Å². The number of pyridine rings is 1. The van der Waals surface area contributed by atoms with Gasteiger partial charge in [0.05, 0.1) is 0 Å². The van der Waals surface area contributed by atoms with Crippen molar-refractivity contribution in [1.82, 2.24) is 14.8 Å². The third-order valence-electron chi connectivity index (χ3n) is 3.68. The molecular weight excluding hydrogens is 256 g/mol. The second kappa shape index (κ2) is 5.48. The number of anilines is 1. The smallest absolute Gasteiger partial charge is 0.272 e. The number of carbonyl (C=O) groups excluding carboxylic acids is 2. The molecule has 20 heavy (non-hydrogen) atoms.